The van der Waals surface area contributed by atoms with E-state index < -0.39 is 6.10 Å². The molecule has 0 aliphatic heterocycles. The average Bonchev–Trinajstić information content (AvgIpc) is 2.46. The minimum Gasteiger partial charge on any atom is -0.488 e. The van der Waals surface area contributed by atoms with Crippen LogP contribution >= 0.6 is 23.2 Å². The van der Waals surface area contributed by atoms with Gasteiger partial charge in [0.05, 0.1) is 17.7 Å². The van der Waals surface area contributed by atoms with Crippen molar-refractivity contribution in [3.05, 3.63) is 63.1 Å². The van der Waals surface area contributed by atoms with E-state index in [4.69, 9.17) is 33.2 Å². The van der Waals surface area contributed by atoms with E-state index in [9.17, 15) is 5.11 Å². The average molecular weight is 322 g/mol. The van der Waals surface area contributed by atoms with E-state index >= 15 is 0 Å². The van der Waals surface area contributed by atoms with Crippen LogP contribution in [-0.2, 0) is 6.61 Å². The molecule has 0 spiro atoms. The molecule has 3 nitrogen and oxygen atoms in total. The summed E-state index contributed by atoms with van der Waals surface area (Å²) in [7, 11) is 0. The second kappa shape index (κ2) is 6.82. The zero-order chi connectivity index (χ0) is 15.4. The molecule has 0 heterocycles. The number of hydrogen-bond acceptors (Lipinski definition) is 3. The van der Waals surface area contributed by atoms with Crippen LogP contribution in [0.2, 0.25) is 10.0 Å². The van der Waals surface area contributed by atoms with E-state index in [1.165, 1.54) is 0 Å². The number of nitriles is 1. The van der Waals surface area contributed by atoms with Crippen molar-refractivity contribution in [1.29, 1.82) is 5.26 Å². The van der Waals surface area contributed by atoms with E-state index in [0.29, 0.717) is 26.9 Å². The van der Waals surface area contributed by atoms with Crippen LogP contribution in [0.4, 0.5) is 0 Å². The molecule has 0 amide bonds. The summed E-state index contributed by atoms with van der Waals surface area (Å²) < 4.78 is 5.71. The molecule has 0 radical (unpaired) electrons. The van der Waals surface area contributed by atoms with Crippen LogP contribution in [0.3, 0.4) is 0 Å². The molecule has 0 bridgehead atoms. The summed E-state index contributed by atoms with van der Waals surface area (Å²) in [5.41, 5.74) is 1.88. The van der Waals surface area contributed by atoms with Crippen molar-refractivity contribution < 1.29 is 9.84 Å². The van der Waals surface area contributed by atoms with Gasteiger partial charge in [-0.05, 0) is 37.3 Å². The molecule has 2 rings (SSSR count). The Kier molecular flexibility index (Phi) is 5.08. The molecule has 1 N–H and O–H groups in total. The lowest BCUT2D eigenvalue weighted by Gasteiger charge is -2.14. The first-order valence-corrected chi connectivity index (χ1v) is 7.05. The fourth-order valence-electron chi connectivity index (χ4n) is 1.87. The van der Waals surface area contributed by atoms with Gasteiger partial charge in [-0.15, -0.1) is 0 Å². The molecule has 21 heavy (non-hydrogen) atoms. The van der Waals surface area contributed by atoms with Crippen molar-refractivity contribution in [3.8, 4) is 11.8 Å². The molecule has 0 saturated carbocycles. The van der Waals surface area contributed by atoms with Crippen molar-refractivity contribution >= 4 is 23.2 Å². The van der Waals surface area contributed by atoms with Gasteiger partial charge >= 0.3 is 0 Å². The van der Waals surface area contributed by atoms with Gasteiger partial charge in [-0.25, -0.2) is 0 Å². The number of aliphatic hydroxyl groups excluding tert-OH is 1. The zero-order valence-electron chi connectivity index (χ0n) is 11.3. The second-order valence-corrected chi connectivity index (χ2v) is 5.41. The fraction of sp³-hybridized carbons (Fsp3) is 0.188. The van der Waals surface area contributed by atoms with Crippen LogP contribution in [0.15, 0.2) is 36.4 Å². The summed E-state index contributed by atoms with van der Waals surface area (Å²) in [4.78, 5) is 0. The topological polar surface area (TPSA) is 53.2 Å². The number of ether oxygens (including phenoxy) is 1. The van der Waals surface area contributed by atoms with Crippen LogP contribution in [0.1, 0.15) is 29.7 Å². The van der Waals surface area contributed by atoms with Crippen molar-refractivity contribution in [2.75, 3.05) is 0 Å². The van der Waals surface area contributed by atoms with Crippen LogP contribution in [0, 0.1) is 11.3 Å². The number of rotatable bonds is 4. The molecule has 0 unspecified atom stereocenters. The Balaban J connectivity index is 2.19. The van der Waals surface area contributed by atoms with Gasteiger partial charge < -0.3 is 9.84 Å². The fourth-order valence-corrected chi connectivity index (χ4v) is 2.28. The minimum absolute atomic E-state index is 0.242. The maximum Gasteiger partial charge on any atom is 0.125 e. The van der Waals surface area contributed by atoms with Gasteiger partial charge in [0.1, 0.15) is 12.4 Å². The van der Waals surface area contributed by atoms with Crippen LogP contribution in [0.5, 0.6) is 5.75 Å². The number of hydrogen-bond donors (Lipinski definition) is 1. The van der Waals surface area contributed by atoms with E-state index in [0.717, 1.165) is 5.56 Å². The van der Waals surface area contributed by atoms with Crippen LogP contribution in [-0.4, -0.2) is 5.11 Å². The highest BCUT2D eigenvalue weighted by atomic mass is 35.5. The summed E-state index contributed by atoms with van der Waals surface area (Å²) in [6, 6.07) is 12.1. The lowest BCUT2D eigenvalue weighted by molar-refractivity contribution is 0.190. The Morgan fingerprint density at radius 3 is 2.62 bits per heavy atom. The smallest absolute Gasteiger partial charge is 0.125 e. The molecular weight excluding hydrogens is 309 g/mol. The lowest BCUT2D eigenvalue weighted by atomic mass is 10.1. The molecule has 0 aliphatic carbocycles. The summed E-state index contributed by atoms with van der Waals surface area (Å²) in [6.07, 6.45) is -0.685. The Hall–Kier alpha value is -1.73. The highest BCUT2D eigenvalue weighted by Gasteiger charge is 2.11. The Morgan fingerprint density at radius 1 is 1.24 bits per heavy atom. The maximum atomic E-state index is 9.75. The van der Waals surface area contributed by atoms with E-state index in [-0.39, 0.29) is 6.61 Å². The number of benzene rings is 2. The van der Waals surface area contributed by atoms with E-state index in [1.807, 2.05) is 6.07 Å². The SMILES string of the molecule is C[C@@H](O)c1cc(Cl)ccc1OCc1ccc(C#N)cc1Cl. The first kappa shape index (κ1) is 15.7. The summed E-state index contributed by atoms with van der Waals surface area (Å²) in [6.45, 7) is 1.89. The molecule has 0 fully saturated rings. The number of nitrogens with zero attached hydrogens (tertiary/aromatic N) is 1. The third kappa shape index (κ3) is 3.89. The predicted molar refractivity (Wildman–Crippen MR) is 82.6 cm³/mol. The highest BCUT2D eigenvalue weighted by molar-refractivity contribution is 6.31. The first-order valence-electron chi connectivity index (χ1n) is 6.30. The zero-order valence-corrected chi connectivity index (χ0v) is 12.8. The standard InChI is InChI=1S/C16H13Cl2NO2/c1-10(20)14-7-13(17)4-5-16(14)21-9-12-3-2-11(8-19)6-15(12)18/h2-7,10,20H,9H2,1H3/t10-/m1/s1. The predicted octanol–water partition coefficient (Wildman–Crippen LogP) is 4.50. The first-order chi connectivity index (χ1) is 10.0. The van der Waals surface area contributed by atoms with Gasteiger partial charge in [0.15, 0.2) is 0 Å². The number of halogens is 2. The van der Waals surface area contributed by atoms with Crippen molar-refractivity contribution in [2.24, 2.45) is 0 Å². The van der Waals surface area contributed by atoms with E-state index in [1.54, 1.807) is 43.3 Å². The molecule has 0 saturated heterocycles. The molecule has 108 valence electrons. The Labute approximate surface area is 133 Å². The molecule has 2 aromatic rings. The van der Waals surface area contributed by atoms with Gasteiger partial charge in [0, 0.05) is 21.2 Å². The normalized spacial score (nSPS) is 11.8. The summed E-state index contributed by atoms with van der Waals surface area (Å²) in [5, 5.41) is 19.6. The van der Waals surface area contributed by atoms with Crippen molar-refractivity contribution in [2.45, 2.75) is 19.6 Å². The minimum atomic E-state index is -0.685. The van der Waals surface area contributed by atoms with Crippen molar-refractivity contribution in [1.82, 2.24) is 0 Å². The van der Waals surface area contributed by atoms with Gasteiger partial charge in [-0.1, -0.05) is 29.3 Å². The summed E-state index contributed by atoms with van der Waals surface area (Å²) >= 11 is 12.0. The second-order valence-electron chi connectivity index (χ2n) is 4.56. The van der Waals surface area contributed by atoms with Gasteiger partial charge in [0.25, 0.3) is 0 Å². The molecule has 0 aliphatic rings. The van der Waals surface area contributed by atoms with Crippen LogP contribution in [0.25, 0.3) is 0 Å². The van der Waals surface area contributed by atoms with Crippen molar-refractivity contribution in [3.63, 3.8) is 0 Å². The largest absolute Gasteiger partial charge is 0.488 e. The van der Waals surface area contributed by atoms with Crippen LogP contribution < -0.4 is 4.74 Å². The lowest BCUT2D eigenvalue weighted by Crippen LogP contribution is -2.01. The third-order valence-electron chi connectivity index (χ3n) is 2.99. The third-order valence-corrected chi connectivity index (χ3v) is 3.57. The quantitative estimate of drug-likeness (QED) is 0.902. The number of aliphatic hydroxyl groups is 1. The Morgan fingerprint density at radius 2 is 2.00 bits per heavy atom. The maximum absolute atomic E-state index is 9.75. The molecule has 5 heteroatoms. The van der Waals surface area contributed by atoms with Gasteiger partial charge in [0.2, 0.25) is 0 Å². The molecule has 1 atom stereocenters. The van der Waals surface area contributed by atoms with Gasteiger partial charge in [-0.2, -0.15) is 5.26 Å². The van der Waals surface area contributed by atoms with Gasteiger partial charge in [-0.3, -0.25) is 0 Å². The highest BCUT2D eigenvalue weighted by Crippen LogP contribution is 2.29. The molecular formula is C16H13Cl2NO2. The molecule has 0 aromatic heterocycles. The Bertz CT molecular complexity index is 693. The van der Waals surface area contributed by atoms with E-state index in [2.05, 4.69) is 0 Å². The monoisotopic (exact) mass is 321 g/mol. The molecule has 2 aromatic carbocycles. The summed E-state index contributed by atoms with van der Waals surface area (Å²) in [5.74, 6) is 0.551.